The molecule has 1 aromatic carbocycles. The maximum atomic E-state index is 12.4. The van der Waals surface area contributed by atoms with Crippen molar-refractivity contribution >= 4 is 11.9 Å². The summed E-state index contributed by atoms with van der Waals surface area (Å²) in [5.41, 5.74) is 2.68. The molecule has 0 spiro atoms. The Hall–Kier alpha value is -1.92. The van der Waals surface area contributed by atoms with Gasteiger partial charge in [-0.2, -0.15) is 0 Å². The van der Waals surface area contributed by atoms with Crippen LogP contribution in [0.1, 0.15) is 31.4 Å². The molecule has 0 aromatic heterocycles. The van der Waals surface area contributed by atoms with Crippen LogP contribution < -0.4 is 5.32 Å². The first-order valence-electron chi connectivity index (χ1n) is 9.75. The van der Waals surface area contributed by atoms with Crippen molar-refractivity contribution in [3.05, 3.63) is 35.4 Å². The second-order valence-corrected chi connectivity index (χ2v) is 7.75. The summed E-state index contributed by atoms with van der Waals surface area (Å²) in [5, 5.41) is 2.84. The summed E-state index contributed by atoms with van der Waals surface area (Å²) in [6, 6.07) is 7.90. The van der Waals surface area contributed by atoms with Crippen molar-refractivity contribution in [3.8, 4) is 0 Å². The number of nitrogens with zero attached hydrogens (tertiary/aromatic N) is 2. The van der Waals surface area contributed by atoms with Crippen LogP contribution in [0.3, 0.4) is 0 Å². The molecule has 0 unspecified atom stereocenters. The molecule has 1 saturated heterocycles. The molecule has 1 fully saturated rings. The first-order chi connectivity index (χ1) is 12.9. The highest BCUT2D eigenvalue weighted by Crippen LogP contribution is 2.12. The highest BCUT2D eigenvalue weighted by molar-refractivity contribution is 5.85. The molecule has 6 heteroatoms. The third kappa shape index (κ3) is 6.96. The average Bonchev–Trinajstić information content (AvgIpc) is 2.63. The molecule has 1 atom stereocenters. The molecule has 1 aliphatic heterocycles. The lowest BCUT2D eigenvalue weighted by atomic mass is 10.0. The van der Waals surface area contributed by atoms with Gasteiger partial charge in [0.2, 0.25) is 5.91 Å². The summed E-state index contributed by atoms with van der Waals surface area (Å²) in [4.78, 5) is 28.8. The molecule has 1 aliphatic rings. The van der Waals surface area contributed by atoms with E-state index in [0.29, 0.717) is 18.9 Å². The van der Waals surface area contributed by atoms with Crippen molar-refractivity contribution in [1.82, 2.24) is 15.1 Å². The summed E-state index contributed by atoms with van der Waals surface area (Å²) in [7, 11) is 1.36. The number of esters is 1. The molecule has 27 heavy (non-hydrogen) atoms. The van der Waals surface area contributed by atoms with Crippen LogP contribution in [0.15, 0.2) is 24.3 Å². The SMILES string of the molecule is COC(=O)[C@H](CC(C)C)NC(=O)CN1CCN(Cc2ccccc2C)CC1. The van der Waals surface area contributed by atoms with E-state index in [1.807, 2.05) is 13.8 Å². The van der Waals surface area contributed by atoms with Gasteiger partial charge in [0.05, 0.1) is 13.7 Å². The Balaban J connectivity index is 1.78. The van der Waals surface area contributed by atoms with E-state index >= 15 is 0 Å². The van der Waals surface area contributed by atoms with Crippen LogP contribution >= 0.6 is 0 Å². The molecule has 2 rings (SSSR count). The number of nitrogens with one attached hydrogen (secondary N) is 1. The van der Waals surface area contributed by atoms with Crippen LogP contribution in [-0.2, 0) is 20.9 Å². The van der Waals surface area contributed by atoms with E-state index in [0.717, 1.165) is 32.7 Å². The van der Waals surface area contributed by atoms with Gasteiger partial charge in [-0.1, -0.05) is 38.1 Å². The lowest BCUT2D eigenvalue weighted by molar-refractivity contribution is -0.145. The van der Waals surface area contributed by atoms with E-state index < -0.39 is 6.04 Å². The van der Waals surface area contributed by atoms with Gasteiger partial charge < -0.3 is 10.1 Å². The van der Waals surface area contributed by atoms with Gasteiger partial charge >= 0.3 is 5.97 Å². The predicted octanol–water partition coefficient (Wildman–Crippen LogP) is 1.82. The molecule has 150 valence electrons. The summed E-state index contributed by atoms with van der Waals surface area (Å²) in [6.45, 7) is 11.0. The predicted molar refractivity (Wildman–Crippen MR) is 106 cm³/mol. The fourth-order valence-corrected chi connectivity index (χ4v) is 3.40. The zero-order valence-corrected chi connectivity index (χ0v) is 17.0. The molecule has 6 nitrogen and oxygen atoms in total. The topological polar surface area (TPSA) is 61.9 Å². The molecule has 0 aliphatic carbocycles. The third-order valence-corrected chi connectivity index (χ3v) is 5.02. The maximum Gasteiger partial charge on any atom is 0.328 e. The van der Waals surface area contributed by atoms with E-state index in [2.05, 4.69) is 46.3 Å². The van der Waals surface area contributed by atoms with Crippen LogP contribution in [0, 0.1) is 12.8 Å². The van der Waals surface area contributed by atoms with Crippen molar-refractivity contribution in [2.24, 2.45) is 5.92 Å². The van der Waals surface area contributed by atoms with Gasteiger partial charge in [0.1, 0.15) is 6.04 Å². The number of hydrogen-bond donors (Lipinski definition) is 1. The number of aryl methyl sites for hydroxylation is 1. The zero-order chi connectivity index (χ0) is 19.8. The van der Waals surface area contributed by atoms with Crippen molar-refractivity contribution in [1.29, 1.82) is 0 Å². The van der Waals surface area contributed by atoms with E-state index in [1.165, 1.54) is 18.2 Å². The van der Waals surface area contributed by atoms with Gasteiger partial charge in [0.15, 0.2) is 0 Å². The molecule has 0 radical (unpaired) electrons. The standard InChI is InChI=1S/C21H33N3O3/c1-16(2)13-19(21(26)27-4)22-20(25)15-24-11-9-23(10-12-24)14-18-8-6-5-7-17(18)3/h5-8,16,19H,9-15H2,1-4H3,(H,22,25)/t19-/m0/s1. The Bertz CT molecular complexity index is 625. The summed E-state index contributed by atoms with van der Waals surface area (Å²) in [6.07, 6.45) is 0.586. The van der Waals surface area contributed by atoms with Gasteiger partial charge in [0.25, 0.3) is 0 Å². The van der Waals surface area contributed by atoms with E-state index in [-0.39, 0.29) is 11.9 Å². The number of rotatable bonds is 8. The largest absolute Gasteiger partial charge is 0.467 e. The molecule has 1 N–H and O–H groups in total. The molecule has 1 heterocycles. The Morgan fingerprint density at radius 1 is 1.11 bits per heavy atom. The van der Waals surface area contributed by atoms with Gasteiger partial charge in [0, 0.05) is 32.7 Å². The molecular weight excluding hydrogens is 342 g/mol. The van der Waals surface area contributed by atoms with Gasteiger partial charge in [-0.3, -0.25) is 14.6 Å². The molecule has 1 amide bonds. The van der Waals surface area contributed by atoms with Gasteiger partial charge in [-0.25, -0.2) is 4.79 Å². The molecular formula is C21H33N3O3. The fourth-order valence-electron chi connectivity index (χ4n) is 3.40. The van der Waals surface area contributed by atoms with E-state index in [4.69, 9.17) is 4.74 Å². The number of amides is 1. The summed E-state index contributed by atoms with van der Waals surface area (Å²) < 4.78 is 4.81. The van der Waals surface area contributed by atoms with Crippen LogP contribution in [0.4, 0.5) is 0 Å². The minimum absolute atomic E-state index is 0.113. The van der Waals surface area contributed by atoms with Crippen molar-refractivity contribution in [2.75, 3.05) is 39.8 Å². The first kappa shape index (κ1) is 21.4. The second-order valence-electron chi connectivity index (χ2n) is 7.75. The highest BCUT2D eigenvalue weighted by atomic mass is 16.5. The molecule has 0 saturated carbocycles. The minimum Gasteiger partial charge on any atom is -0.467 e. The highest BCUT2D eigenvalue weighted by Gasteiger charge is 2.25. The number of benzene rings is 1. The lowest BCUT2D eigenvalue weighted by Gasteiger charge is -2.34. The lowest BCUT2D eigenvalue weighted by Crippen LogP contribution is -2.51. The zero-order valence-electron chi connectivity index (χ0n) is 17.0. The summed E-state index contributed by atoms with van der Waals surface area (Å²) in [5.74, 6) is -0.183. The van der Waals surface area contributed by atoms with Gasteiger partial charge in [-0.05, 0) is 30.4 Å². The Labute approximate surface area is 162 Å². The van der Waals surface area contributed by atoms with Gasteiger partial charge in [-0.15, -0.1) is 0 Å². The fraction of sp³-hybridized carbons (Fsp3) is 0.619. The number of carbonyl (C=O) groups is 2. The number of piperazine rings is 1. The van der Waals surface area contributed by atoms with Crippen LogP contribution in [0.5, 0.6) is 0 Å². The second kappa shape index (κ2) is 10.4. The number of carbonyl (C=O) groups excluding carboxylic acids is 2. The normalized spacial score (nSPS) is 16.9. The van der Waals surface area contributed by atoms with E-state index in [9.17, 15) is 9.59 Å². The monoisotopic (exact) mass is 375 g/mol. The smallest absolute Gasteiger partial charge is 0.328 e. The number of methoxy groups -OCH3 is 1. The van der Waals surface area contributed by atoms with Crippen LogP contribution in [0.2, 0.25) is 0 Å². The number of ether oxygens (including phenoxy) is 1. The quantitative estimate of drug-likeness (QED) is 0.702. The van der Waals surface area contributed by atoms with Crippen LogP contribution in [-0.4, -0.2) is 67.6 Å². The average molecular weight is 376 g/mol. The van der Waals surface area contributed by atoms with Crippen molar-refractivity contribution < 1.29 is 14.3 Å². The van der Waals surface area contributed by atoms with Crippen molar-refractivity contribution in [3.63, 3.8) is 0 Å². The van der Waals surface area contributed by atoms with Crippen LogP contribution in [0.25, 0.3) is 0 Å². The number of hydrogen-bond acceptors (Lipinski definition) is 5. The Morgan fingerprint density at radius 2 is 1.74 bits per heavy atom. The third-order valence-electron chi connectivity index (χ3n) is 5.02. The molecule has 0 bridgehead atoms. The van der Waals surface area contributed by atoms with E-state index in [1.54, 1.807) is 0 Å². The summed E-state index contributed by atoms with van der Waals surface area (Å²) >= 11 is 0. The first-order valence-corrected chi connectivity index (χ1v) is 9.75. The molecule has 1 aromatic rings. The Kier molecular flexibility index (Phi) is 8.25. The maximum absolute atomic E-state index is 12.4. The Morgan fingerprint density at radius 3 is 2.33 bits per heavy atom. The van der Waals surface area contributed by atoms with Crippen molar-refractivity contribution in [2.45, 2.75) is 39.8 Å². The minimum atomic E-state index is -0.565.